The van der Waals surface area contributed by atoms with E-state index < -0.39 is 0 Å². The van der Waals surface area contributed by atoms with Crippen molar-refractivity contribution < 1.29 is 9.84 Å². The van der Waals surface area contributed by atoms with E-state index >= 15 is 0 Å². The average molecular weight is 218 g/mol. The highest BCUT2D eigenvalue weighted by atomic mass is 16.5. The van der Waals surface area contributed by atoms with E-state index in [0.717, 1.165) is 18.6 Å². The number of phenolic OH excluding ortho intramolecular Hbond substituents is 1. The smallest absolute Gasteiger partial charge is 0.115 e. The van der Waals surface area contributed by atoms with E-state index in [0.29, 0.717) is 5.75 Å². The van der Waals surface area contributed by atoms with Crippen molar-refractivity contribution in [3.8, 4) is 5.75 Å². The van der Waals surface area contributed by atoms with E-state index in [1.807, 2.05) is 24.3 Å². The van der Waals surface area contributed by atoms with Gasteiger partial charge in [0.2, 0.25) is 0 Å². The fraction of sp³-hybridized carbons (Fsp3) is 0.286. The van der Waals surface area contributed by atoms with E-state index in [1.54, 1.807) is 19.2 Å². The van der Waals surface area contributed by atoms with Crippen molar-refractivity contribution in [2.24, 2.45) is 0 Å². The van der Waals surface area contributed by atoms with Crippen LogP contribution in [-0.4, -0.2) is 12.2 Å². The molecule has 0 fully saturated rings. The summed E-state index contributed by atoms with van der Waals surface area (Å²) < 4.78 is 5.18. The lowest BCUT2D eigenvalue weighted by Crippen LogP contribution is -1.83. The normalized spacial score (nSPS) is 12.0. The first kappa shape index (κ1) is 12.4. The second-order valence-corrected chi connectivity index (χ2v) is 3.49. The number of ether oxygens (including phenoxy) is 1. The summed E-state index contributed by atoms with van der Waals surface area (Å²) in [5.41, 5.74) is 1.17. The number of aromatic hydroxyl groups is 1. The third-order valence-corrected chi connectivity index (χ3v) is 2.21. The van der Waals surface area contributed by atoms with Gasteiger partial charge in [-0.25, -0.2) is 0 Å². The van der Waals surface area contributed by atoms with Crippen LogP contribution in [0, 0.1) is 0 Å². The van der Waals surface area contributed by atoms with Crippen LogP contribution in [-0.2, 0) is 11.2 Å². The van der Waals surface area contributed by atoms with Crippen LogP contribution in [0.4, 0.5) is 0 Å². The third kappa shape index (κ3) is 4.22. The average Bonchev–Trinajstić information content (AvgIpc) is 2.30. The number of rotatable bonds is 5. The SMILES string of the molecule is CC/C=C(\C=C/Cc1ccc(O)cc1)OC. The predicted octanol–water partition coefficient (Wildman–Crippen LogP) is 3.43. The monoisotopic (exact) mass is 218 g/mol. The van der Waals surface area contributed by atoms with Gasteiger partial charge in [0.05, 0.1) is 7.11 Å². The summed E-state index contributed by atoms with van der Waals surface area (Å²) in [4.78, 5) is 0. The molecule has 0 heterocycles. The van der Waals surface area contributed by atoms with E-state index in [4.69, 9.17) is 9.84 Å². The number of phenols is 1. The molecule has 1 aromatic rings. The molecule has 86 valence electrons. The molecule has 0 unspecified atom stereocenters. The van der Waals surface area contributed by atoms with Gasteiger partial charge in [0, 0.05) is 0 Å². The van der Waals surface area contributed by atoms with Gasteiger partial charge in [-0.2, -0.15) is 0 Å². The highest BCUT2D eigenvalue weighted by Gasteiger charge is 1.91. The quantitative estimate of drug-likeness (QED) is 0.606. The Hall–Kier alpha value is -1.70. The second kappa shape index (κ2) is 6.72. The molecule has 0 radical (unpaired) electrons. The highest BCUT2D eigenvalue weighted by Crippen LogP contribution is 2.10. The molecule has 0 bridgehead atoms. The molecule has 0 saturated heterocycles. The number of methoxy groups -OCH3 is 1. The first-order valence-electron chi connectivity index (χ1n) is 5.45. The Bertz CT molecular complexity index is 361. The molecule has 0 saturated carbocycles. The Labute approximate surface area is 96.9 Å². The number of hydrogen-bond donors (Lipinski definition) is 1. The van der Waals surface area contributed by atoms with Crippen molar-refractivity contribution in [3.63, 3.8) is 0 Å². The van der Waals surface area contributed by atoms with Crippen LogP contribution in [0.2, 0.25) is 0 Å². The van der Waals surface area contributed by atoms with Gasteiger partial charge in [0.15, 0.2) is 0 Å². The molecule has 16 heavy (non-hydrogen) atoms. The van der Waals surface area contributed by atoms with E-state index in [1.165, 1.54) is 5.56 Å². The molecule has 0 atom stereocenters. The molecular formula is C14H18O2. The molecule has 2 nitrogen and oxygen atoms in total. The van der Waals surface area contributed by atoms with Crippen molar-refractivity contribution in [1.82, 2.24) is 0 Å². The van der Waals surface area contributed by atoms with Gasteiger partial charge in [0.1, 0.15) is 11.5 Å². The maximum atomic E-state index is 9.13. The molecule has 0 aliphatic carbocycles. The van der Waals surface area contributed by atoms with Crippen LogP contribution in [0.5, 0.6) is 5.75 Å². The van der Waals surface area contributed by atoms with Crippen molar-refractivity contribution in [3.05, 3.63) is 53.8 Å². The van der Waals surface area contributed by atoms with Gasteiger partial charge in [-0.1, -0.05) is 25.1 Å². The minimum Gasteiger partial charge on any atom is -0.508 e. The first-order chi connectivity index (χ1) is 7.76. The third-order valence-electron chi connectivity index (χ3n) is 2.21. The largest absolute Gasteiger partial charge is 0.508 e. The van der Waals surface area contributed by atoms with E-state index in [9.17, 15) is 0 Å². The summed E-state index contributed by atoms with van der Waals surface area (Å²) in [5, 5.41) is 9.13. The van der Waals surface area contributed by atoms with Crippen molar-refractivity contribution in [2.45, 2.75) is 19.8 Å². The van der Waals surface area contributed by atoms with E-state index in [2.05, 4.69) is 13.0 Å². The minimum atomic E-state index is 0.302. The second-order valence-electron chi connectivity index (χ2n) is 3.49. The van der Waals surface area contributed by atoms with Crippen molar-refractivity contribution in [2.75, 3.05) is 7.11 Å². The molecule has 1 N–H and O–H groups in total. The molecule has 0 aromatic heterocycles. The molecular weight excluding hydrogens is 200 g/mol. The van der Waals surface area contributed by atoms with Crippen LogP contribution in [0.25, 0.3) is 0 Å². The number of allylic oxidation sites excluding steroid dienone is 3. The molecule has 1 rings (SSSR count). The molecule has 1 aromatic carbocycles. The number of benzene rings is 1. The van der Waals surface area contributed by atoms with Gasteiger partial charge < -0.3 is 9.84 Å². The zero-order valence-corrected chi connectivity index (χ0v) is 9.81. The lowest BCUT2D eigenvalue weighted by Gasteiger charge is -2.00. The van der Waals surface area contributed by atoms with Gasteiger partial charge >= 0.3 is 0 Å². The van der Waals surface area contributed by atoms with Crippen LogP contribution in [0.1, 0.15) is 18.9 Å². The van der Waals surface area contributed by atoms with Crippen LogP contribution >= 0.6 is 0 Å². The summed E-state index contributed by atoms with van der Waals surface area (Å²) in [6, 6.07) is 7.22. The van der Waals surface area contributed by atoms with Crippen LogP contribution in [0.3, 0.4) is 0 Å². The Kier molecular flexibility index (Phi) is 5.20. The fourth-order valence-electron chi connectivity index (χ4n) is 1.36. The molecule has 0 amide bonds. The Morgan fingerprint density at radius 3 is 2.56 bits per heavy atom. The van der Waals surface area contributed by atoms with Crippen LogP contribution in [0.15, 0.2) is 48.3 Å². The highest BCUT2D eigenvalue weighted by molar-refractivity contribution is 5.27. The van der Waals surface area contributed by atoms with Gasteiger partial charge in [-0.05, 0) is 42.7 Å². The van der Waals surface area contributed by atoms with Gasteiger partial charge in [-0.15, -0.1) is 0 Å². The summed E-state index contributed by atoms with van der Waals surface area (Å²) in [6.07, 6.45) is 7.86. The summed E-state index contributed by atoms with van der Waals surface area (Å²) in [6.45, 7) is 2.08. The summed E-state index contributed by atoms with van der Waals surface area (Å²) in [7, 11) is 1.67. The summed E-state index contributed by atoms with van der Waals surface area (Å²) in [5.74, 6) is 1.19. The standard InChI is InChI=1S/C14H18O2/c1-3-5-14(16-2)7-4-6-12-8-10-13(15)11-9-12/h4-5,7-11,15H,3,6H2,1-2H3/b7-4-,14-5+. The lowest BCUT2D eigenvalue weighted by atomic mass is 10.1. The Morgan fingerprint density at radius 2 is 2.00 bits per heavy atom. The van der Waals surface area contributed by atoms with Gasteiger partial charge in [0.25, 0.3) is 0 Å². The zero-order chi connectivity index (χ0) is 11.8. The van der Waals surface area contributed by atoms with Crippen molar-refractivity contribution >= 4 is 0 Å². The predicted molar refractivity (Wildman–Crippen MR) is 66.3 cm³/mol. The topological polar surface area (TPSA) is 29.5 Å². The molecule has 0 spiro atoms. The number of hydrogen-bond acceptors (Lipinski definition) is 2. The van der Waals surface area contributed by atoms with Crippen LogP contribution < -0.4 is 0 Å². The Balaban J connectivity index is 2.53. The summed E-state index contributed by atoms with van der Waals surface area (Å²) >= 11 is 0. The molecule has 0 aliphatic rings. The lowest BCUT2D eigenvalue weighted by molar-refractivity contribution is 0.305. The Morgan fingerprint density at radius 1 is 1.31 bits per heavy atom. The zero-order valence-electron chi connectivity index (χ0n) is 9.81. The first-order valence-corrected chi connectivity index (χ1v) is 5.45. The molecule has 0 aliphatic heterocycles. The van der Waals surface area contributed by atoms with Gasteiger partial charge in [-0.3, -0.25) is 0 Å². The maximum absolute atomic E-state index is 9.13. The minimum absolute atomic E-state index is 0.302. The maximum Gasteiger partial charge on any atom is 0.115 e. The van der Waals surface area contributed by atoms with E-state index in [-0.39, 0.29) is 0 Å². The van der Waals surface area contributed by atoms with Crippen molar-refractivity contribution in [1.29, 1.82) is 0 Å². The molecule has 2 heteroatoms. The fourth-order valence-corrected chi connectivity index (χ4v) is 1.36.